The van der Waals surface area contributed by atoms with Crippen molar-refractivity contribution in [1.29, 1.82) is 0 Å². The van der Waals surface area contributed by atoms with E-state index in [0.717, 1.165) is 37.8 Å². The molecule has 19 heavy (non-hydrogen) atoms. The molecular formula is C15H19FN2O. The largest absolute Gasteiger partial charge is 0.334 e. The van der Waals surface area contributed by atoms with Gasteiger partial charge in [0.2, 0.25) is 5.91 Å². The smallest absolute Gasteiger partial charge is 0.240 e. The number of hydrogen-bond acceptors (Lipinski definition) is 2. The third-order valence-electron chi connectivity index (χ3n) is 3.87. The highest BCUT2D eigenvalue weighted by Crippen LogP contribution is 2.29. The third-order valence-corrected chi connectivity index (χ3v) is 3.87. The molecule has 0 aromatic heterocycles. The van der Waals surface area contributed by atoms with E-state index in [1.54, 1.807) is 6.07 Å². The predicted molar refractivity (Wildman–Crippen MR) is 71.0 cm³/mol. The zero-order valence-electron chi connectivity index (χ0n) is 10.9. The maximum Gasteiger partial charge on any atom is 0.240 e. The summed E-state index contributed by atoms with van der Waals surface area (Å²) >= 11 is 0. The second-order valence-corrected chi connectivity index (χ2v) is 5.48. The van der Waals surface area contributed by atoms with Gasteiger partial charge in [-0.25, -0.2) is 4.39 Å². The van der Waals surface area contributed by atoms with Crippen molar-refractivity contribution >= 4 is 5.91 Å². The van der Waals surface area contributed by atoms with E-state index in [0.29, 0.717) is 12.6 Å². The predicted octanol–water partition coefficient (Wildman–Crippen LogP) is 2.07. The van der Waals surface area contributed by atoms with Crippen LogP contribution in [0, 0.1) is 5.82 Å². The highest BCUT2D eigenvalue weighted by atomic mass is 19.1. The fourth-order valence-electron chi connectivity index (χ4n) is 2.70. The van der Waals surface area contributed by atoms with Crippen LogP contribution in [0.2, 0.25) is 0 Å². The Morgan fingerprint density at radius 2 is 2.21 bits per heavy atom. The Labute approximate surface area is 112 Å². The van der Waals surface area contributed by atoms with Gasteiger partial charge in [-0.05, 0) is 49.9 Å². The highest BCUT2D eigenvalue weighted by Gasteiger charge is 2.36. The number of nitrogens with zero attached hydrogens (tertiary/aromatic N) is 1. The van der Waals surface area contributed by atoms with Crippen LogP contribution in [-0.2, 0) is 11.3 Å². The van der Waals surface area contributed by atoms with Gasteiger partial charge >= 0.3 is 0 Å². The summed E-state index contributed by atoms with van der Waals surface area (Å²) in [6.07, 6.45) is 4.14. The molecule has 102 valence electrons. The quantitative estimate of drug-likeness (QED) is 0.901. The molecule has 0 spiro atoms. The van der Waals surface area contributed by atoms with Gasteiger partial charge in [0.15, 0.2) is 0 Å². The Morgan fingerprint density at radius 3 is 2.84 bits per heavy atom. The van der Waals surface area contributed by atoms with Crippen molar-refractivity contribution in [3.8, 4) is 0 Å². The number of carbonyl (C=O) groups excluding carboxylic acids is 1. The van der Waals surface area contributed by atoms with Crippen LogP contribution in [0.1, 0.15) is 31.2 Å². The number of carbonyl (C=O) groups is 1. The van der Waals surface area contributed by atoms with E-state index < -0.39 is 0 Å². The van der Waals surface area contributed by atoms with Crippen molar-refractivity contribution in [2.24, 2.45) is 0 Å². The zero-order chi connectivity index (χ0) is 13.2. The molecule has 1 aliphatic heterocycles. The Bertz CT molecular complexity index is 467. The van der Waals surface area contributed by atoms with E-state index in [1.165, 1.54) is 12.1 Å². The minimum atomic E-state index is -0.236. The molecule has 1 heterocycles. The summed E-state index contributed by atoms with van der Waals surface area (Å²) in [5.74, 6) is -0.0519. The lowest BCUT2D eigenvalue weighted by Crippen LogP contribution is -2.44. The zero-order valence-corrected chi connectivity index (χ0v) is 10.9. The summed E-state index contributed by atoms with van der Waals surface area (Å²) in [6.45, 7) is 1.45. The van der Waals surface area contributed by atoms with Gasteiger partial charge in [-0.3, -0.25) is 4.79 Å². The molecule has 1 aromatic carbocycles. The topological polar surface area (TPSA) is 32.3 Å². The molecule has 1 amide bonds. The summed E-state index contributed by atoms with van der Waals surface area (Å²) < 4.78 is 13.2. The maximum absolute atomic E-state index is 13.2. The molecule has 0 unspecified atom stereocenters. The Hall–Kier alpha value is -1.42. The second-order valence-electron chi connectivity index (χ2n) is 5.48. The average molecular weight is 262 g/mol. The fraction of sp³-hybridized carbons (Fsp3) is 0.533. The lowest BCUT2D eigenvalue weighted by Gasteiger charge is -2.25. The van der Waals surface area contributed by atoms with Crippen LogP contribution in [0.25, 0.3) is 0 Å². The van der Waals surface area contributed by atoms with Crippen molar-refractivity contribution in [3.63, 3.8) is 0 Å². The standard InChI is InChI=1S/C15H19FN2O/c16-12-4-1-3-11(9-12)10-18(13-6-7-13)15(19)14-5-2-8-17-14/h1,3-4,9,13-14,17H,2,5-8,10H2/t14-/m1/s1. The minimum absolute atomic E-state index is 0.0332. The Morgan fingerprint density at radius 1 is 1.37 bits per heavy atom. The monoisotopic (exact) mass is 262 g/mol. The Balaban J connectivity index is 1.72. The molecule has 2 fully saturated rings. The van der Waals surface area contributed by atoms with E-state index in [9.17, 15) is 9.18 Å². The SMILES string of the molecule is O=C([C@H]1CCCN1)N(Cc1cccc(F)c1)C1CC1. The van der Waals surface area contributed by atoms with E-state index in [4.69, 9.17) is 0 Å². The van der Waals surface area contributed by atoms with Gasteiger partial charge in [0, 0.05) is 12.6 Å². The van der Waals surface area contributed by atoms with Gasteiger partial charge in [0.25, 0.3) is 0 Å². The van der Waals surface area contributed by atoms with Crippen LogP contribution < -0.4 is 5.32 Å². The summed E-state index contributed by atoms with van der Waals surface area (Å²) in [6, 6.07) is 6.87. The number of amides is 1. The molecule has 1 atom stereocenters. The van der Waals surface area contributed by atoms with E-state index in [1.807, 2.05) is 11.0 Å². The van der Waals surface area contributed by atoms with Crippen LogP contribution in [0.5, 0.6) is 0 Å². The van der Waals surface area contributed by atoms with Crippen LogP contribution in [0.3, 0.4) is 0 Å². The lowest BCUT2D eigenvalue weighted by atomic mass is 10.1. The lowest BCUT2D eigenvalue weighted by molar-refractivity contribution is -0.134. The number of nitrogens with one attached hydrogen (secondary N) is 1. The number of halogens is 1. The van der Waals surface area contributed by atoms with Gasteiger partial charge in [-0.2, -0.15) is 0 Å². The van der Waals surface area contributed by atoms with Crippen LogP contribution in [0.15, 0.2) is 24.3 Å². The first kappa shape index (κ1) is 12.6. The van der Waals surface area contributed by atoms with Gasteiger partial charge in [-0.1, -0.05) is 12.1 Å². The molecular weight excluding hydrogens is 243 g/mol. The normalized spacial score (nSPS) is 22.5. The molecule has 3 rings (SSSR count). The molecule has 1 aliphatic carbocycles. The van der Waals surface area contributed by atoms with Crippen LogP contribution >= 0.6 is 0 Å². The van der Waals surface area contributed by atoms with Crippen molar-refractivity contribution in [3.05, 3.63) is 35.6 Å². The minimum Gasteiger partial charge on any atom is -0.334 e. The molecule has 1 saturated heterocycles. The number of benzene rings is 1. The van der Waals surface area contributed by atoms with Crippen molar-refractivity contribution < 1.29 is 9.18 Å². The first-order chi connectivity index (χ1) is 9.24. The summed E-state index contributed by atoms with van der Waals surface area (Å²) in [5.41, 5.74) is 0.873. The maximum atomic E-state index is 13.2. The number of rotatable bonds is 4. The van der Waals surface area contributed by atoms with E-state index in [-0.39, 0.29) is 17.8 Å². The molecule has 0 radical (unpaired) electrons. The van der Waals surface area contributed by atoms with Crippen molar-refractivity contribution in [1.82, 2.24) is 10.2 Å². The molecule has 4 heteroatoms. The first-order valence-corrected chi connectivity index (χ1v) is 7.02. The molecule has 3 nitrogen and oxygen atoms in total. The summed E-state index contributed by atoms with van der Waals surface area (Å²) in [5, 5.41) is 3.25. The van der Waals surface area contributed by atoms with Crippen LogP contribution in [-0.4, -0.2) is 29.4 Å². The van der Waals surface area contributed by atoms with E-state index in [2.05, 4.69) is 5.32 Å². The van der Waals surface area contributed by atoms with Crippen molar-refractivity contribution in [2.45, 2.75) is 44.3 Å². The molecule has 0 bridgehead atoms. The van der Waals surface area contributed by atoms with Gasteiger partial charge in [0.05, 0.1) is 6.04 Å². The van der Waals surface area contributed by atoms with Gasteiger partial charge in [-0.15, -0.1) is 0 Å². The van der Waals surface area contributed by atoms with Gasteiger partial charge < -0.3 is 10.2 Å². The summed E-state index contributed by atoms with van der Waals surface area (Å²) in [7, 11) is 0. The van der Waals surface area contributed by atoms with Crippen molar-refractivity contribution in [2.75, 3.05) is 6.54 Å². The van der Waals surface area contributed by atoms with Gasteiger partial charge in [0.1, 0.15) is 5.82 Å². The Kier molecular flexibility index (Phi) is 3.51. The van der Waals surface area contributed by atoms with E-state index >= 15 is 0 Å². The molecule has 1 saturated carbocycles. The average Bonchev–Trinajstić information content (AvgIpc) is 3.09. The third kappa shape index (κ3) is 2.95. The fourth-order valence-corrected chi connectivity index (χ4v) is 2.70. The second kappa shape index (κ2) is 5.29. The first-order valence-electron chi connectivity index (χ1n) is 7.02. The molecule has 1 N–H and O–H groups in total. The van der Waals surface area contributed by atoms with Crippen LogP contribution in [0.4, 0.5) is 4.39 Å². The molecule has 2 aliphatic rings. The molecule has 1 aromatic rings. The number of hydrogen-bond donors (Lipinski definition) is 1. The highest BCUT2D eigenvalue weighted by molar-refractivity contribution is 5.82. The summed E-state index contributed by atoms with van der Waals surface area (Å²) in [4.78, 5) is 14.4.